The zero-order valence-corrected chi connectivity index (χ0v) is 13.7. The maximum atomic E-state index is 13.4. The summed E-state index contributed by atoms with van der Waals surface area (Å²) in [6.07, 6.45) is 5.59. The van der Waals surface area contributed by atoms with Gasteiger partial charge in [0.1, 0.15) is 5.82 Å². The molecule has 4 rings (SSSR count). The van der Waals surface area contributed by atoms with E-state index in [0.29, 0.717) is 12.1 Å². The third-order valence-corrected chi connectivity index (χ3v) is 4.37. The van der Waals surface area contributed by atoms with Gasteiger partial charge in [-0.2, -0.15) is 5.10 Å². The lowest BCUT2D eigenvalue weighted by Gasteiger charge is -2.23. The number of hydrogen-bond acceptors (Lipinski definition) is 2. The van der Waals surface area contributed by atoms with Crippen molar-refractivity contribution in [2.75, 3.05) is 0 Å². The molecular formula is C20H18FN3O. The van der Waals surface area contributed by atoms with Gasteiger partial charge in [0.05, 0.1) is 5.69 Å². The molecule has 0 atom stereocenters. The average molecular weight is 335 g/mol. The highest BCUT2D eigenvalue weighted by Crippen LogP contribution is 2.30. The molecule has 1 amide bonds. The number of aromatic nitrogens is 2. The first kappa shape index (κ1) is 15.6. The zero-order chi connectivity index (χ0) is 17.2. The van der Waals surface area contributed by atoms with Crippen molar-refractivity contribution in [2.24, 2.45) is 0 Å². The summed E-state index contributed by atoms with van der Waals surface area (Å²) in [6, 6.07) is 16.0. The van der Waals surface area contributed by atoms with Gasteiger partial charge in [0.2, 0.25) is 0 Å². The third kappa shape index (κ3) is 3.45. The van der Waals surface area contributed by atoms with Crippen LogP contribution in [-0.2, 0) is 6.54 Å². The van der Waals surface area contributed by atoms with E-state index in [9.17, 15) is 9.18 Å². The molecule has 0 radical (unpaired) electrons. The van der Waals surface area contributed by atoms with E-state index in [1.165, 1.54) is 12.1 Å². The number of carbonyl (C=O) groups excluding carboxylic acids is 1. The minimum atomic E-state index is -0.274. The van der Waals surface area contributed by atoms with E-state index in [1.807, 2.05) is 47.5 Å². The Hall–Kier alpha value is -2.95. The standard InChI is InChI=1S/C20H18FN3O/c21-17-4-1-3-15(13-17)14-23(18-9-10-18)20(25)16-5-7-19(8-6-16)24-12-2-11-22-24/h1-8,11-13,18H,9-10,14H2. The first-order chi connectivity index (χ1) is 12.2. The van der Waals surface area contributed by atoms with Gasteiger partial charge in [0.25, 0.3) is 5.91 Å². The normalized spacial score (nSPS) is 13.6. The van der Waals surface area contributed by atoms with Gasteiger partial charge in [-0.3, -0.25) is 4.79 Å². The molecule has 1 saturated carbocycles. The summed E-state index contributed by atoms with van der Waals surface area (Å²) in [6.45, 7) is 0.433. The van der Waals surface area contributed by atoms with E-state index >= 15 is 0 Å². The number of carbonyl (C=O) groups is 1. The Kier molecular flexibility index (Phi) is 4.06. The third-order valence-electron chi connectivity index (χ3n) is 4.37. The molecule has 126 valence electrons. The quantitative estimate of drug-likeness (QED) is 0.711. The van der Waals surface area contributed by atoms with Crippen LogP contribution in [0.1, 0.15) is 28.8 Å². The first-order valence-corrected chi connectivity index (χ1v) is 8.36. The molecule has 1 aromatic heterocycles. The average Bonchev–Trinajstić information content (AvgIpc) is 3.32. The smallest absolute Gasteiger partial charge is 0.254 e. The van der Waals surface area contributed by atoms with Crippen molar-refractivity contribution in [1.29, 1.82) is 0 Å². The summed E-state index contributed by atoms with van der Waals surface area (Å²) in [5.74, 6) is -0.289. The van der Waals surface area contributed by atoms with E-state index in [0.717, 1.165) is 24.1 Å². The molecule has 0 unspecified atom stereocenters. The largest absolute Gasteiger partial charge is 0.331 e. The Labute approximate surface area is 145 Å². The number of nitrogens with zero attached hydrogens (tertiary/aromatic N) is 3. The number of benzene rings is 2. The molecule has 4 nitrogen and oxygen atoms in total. The lowest BCUT2D eigenvalue weighted by atomic mass is 10.1. The summed E-state index contributed by atoms with van der Waals surface area (Å²) in [7, 11) is 0. The summed E-state index contributed by atoms with van der Waals surface area (Å²) in [5, 5.41) is 4.18. The molecule has 1 heterocycles. The molecule has 0 bridgehead atoms. The zero-order valence-electron chi connectivity index (χ0n) is 13.7. The summed E-state index contributed by atoms with van der Waals surface area (Å²) in [5.41, 5.74) is 2.36. The second-order valence-electron chi connectivity index (χ2n) is 6.29. The fraction of sp³-hybridized carbons (Fsp3) is 0.200. The lowest BCUT2D eigenvalue weighted by molar-refractivity contribution is 0.0729. The summed E-state index contributed by atoms with van der Waals surface area (Å²) < 4.78 is 15.2. The van der Waals surface area contributed by atoms with Crippen LogP contribution in [0.15, 0.2) is 67.0 Å². The second kappa shape index (κ2) is 6.51. The molecule has 1 aliphatic carbocycles. The van der Waals surface area contributed by atoms with E-state index < -0.39 is 0 Å². The molecule has 0 spiro atoms. The Morgan fingerprint density at radius 2 is 1.96 bits per heavy atom. The summed E-state index contributed by atoms with van der Waals surface area (Å²) in [4.78, 5) is 14.8. The van der Waals surface area contributed by atoms with Crippen LogP contribution in [0.5, 0.6) is 0 Å². The molecule has 1 fully saturated rings. The molecule has 0 aliphatic heterocycles. The Bertz CT molecular complexity index is 870. The SMILES string of the molecule is O=C(c1ccc(-n2cccn2)cc1)N(Cc1cccc(F)c1)C1CC1. The first-order valence-electron chi connectivity index (χ1n) is 8.36. The molecule has 0 saturated heterocycles. The van der Waals surface area contributed by atoms with Gasteiger partial charge in [-0.15, -0.1) is 0 Å². The number of amides is 1. The van der Waals surface area contributed by atoms with Crippen LogP contribution >= 0.6 is 0 Å². The van der Waals surface area contributed by atoms with E-state index in [2.05, 4.69) is 5.10 Å². The van der Waals surface area contributed by atoms with Gasteiger partial charge < -0.3 is 4.90 Å². The van der Waals surface area contributed by atoms with E-state index in [-0.39, 0.29) is 17.8 Å². The summed E-state index contributed by atoms with van der Waals surface area (Å²) >= 11 is 0. The van der Waals surface area contributed by atoms with Gasteiger partial charge in [0.15, 0.2) is 0 Å². The fourth-order valence-electron chi connectivity index (χ4n) is 2.93. The van der Waals surface area contributed by atoms with Gasteiger partial charge in [-0.25, -0.2) is 9.07 Å². The minimum absolute atomic E-state index is 0.0150. The fourth-order valence-corrected chi connectivity index (χ4v) is 2.93. The maximum absolute atomic E-state index is 13.4. The van der Waals surface area contributed by atoms with Crippen LogP contribution in [0.25, 0.3) is 5.69 Å². The molecule has 2 aromatic carbocycles. The van der Waals surface area contributed by atoms with Gasteiger partial charge in [-0.1, -0.05) is 12.1 Å². The van der Waals surface area contributed by atoms with Crippen LogP contribution in [-0.4, -0.2) is 26.6 Å². The predicted octanol–water partition coefficient (Wildman–Crippen LogP) is 3.82. The van der Waals surface area contributed by atoms with Crippen LogP contribution in [0.2, 0.25) is 0 Å². The Morgan fingerprint density at radius 3 is 2.60 bits per heavy atom. The van der Waals surface area contributed by atoms with Crippen molar-refractivity contribution >= 4 is 5.91 Å². The Balaban J connectivity index is 1.54. The van der Waals surface area contributed by atoms with Crippen molar-refractivity contribution in [3.05, 3.63) is 83.9 Å². The van der Waals surface area contributed by atoms with Crippen molar-refractivity contribution in [1.82, 2.24) is 14.7 Å². The van der Waals surface area contributed by atoms with Crippen molar-refractivity contribution in [3.8, 4) is 5.69 Å². The minimum Gasteiger partial charge on any atom is -0.331 e. The monoisotopic (exact) mass is 335 g/mol. The lowest BCUT2D eigenvalue weighted by Crippen LogP contribution is -2.32. The molecule has 5 heteroatoms. The highest BCUT2D eigenvalue weighted by Gasteiger charge is 2.33. The maximum Gasteiger partial charge on any atom is 0.254 e. The molecule has 3 aromatic rings. The highest BCUT2D eigenvalue weighted by atomic mass is 19.1. The van der Waals surface area contributed by atoms with Crippen LogP contribution in [0, 0.1) is 5.82 Å². The van der Waals surface area contributed by atoms with Gasteiger partial charge in [-0.05, 0) is 60.9 Å². The molecular weight excluding hydrogens is 317 g/mol. The molecule has 1 aliphatic rings. The number of rotatable bonds is 5. The van der Waals surface area contributed by atoms with Crippen molar-refractivity contribution < 1.29 is 9.18 Å². The van der Waals surface area contributed by atoms with Crippen LogP contribution in [0.4, 0.5) is 4.39 Å². The molecule has 25 heavy (non-hydrogen) atoms. The predicted molar refractivity (Wildman–Crippen MR) is 92.9 cm³/mol. The van der Waals surface area contributed by atoms with Gasteiger partial charge in [0, 0.05) is 30.5 Å². The number of hydrogen-bond donors (Lipinski definition) is 0. The van der Waals surface area contributed by atoms with Crippen molar-refractivity contribution in [3.63, 3.8) is 0 Å². The van der Waals surface area contributed by atoms with E-state index in [4.69, 9.17) is 0 Å². The van der Waals surface area contributed by atoms with Crippen LogP contribution < -0.4 is 0 Å². The van der Waals surface area contributed by atoms with Gasteiger partial charge >= 0.3 is 0 Å². The second-order valence-corrected chi connectivity index (χ2v) is 6.29. The Morgan fingerprint density at radius 1 is 1.16 bits per heavy atom. The topological polar surface area (TPSA) is 38.1 Å². The van der Waals surface area contributed by atoms with Crippen molar-refractivity contribution in [2.45, 2.75) is 25.4 Å². The highest BCUT2D eigenvalue weighted by molar-refractivity contribution is 5.94. The van der Waals surface area contributed by atoms with Crippen LogP contribution in [0.3, 0.4) is 0 Å². The van der Waals surface area contributed by atoms with E-state index in [1.54, 1.807) is 16.9 Å². The number of halogens is 1. The molecule has 0 N–H and O–H groups in total.